The highest BCUT2D eigenvalue weighted by atomic mass is 16.5. The maximum Gasteiger partial charge on any atom is 0.243 e. The molecule has 4 N–H and O–H groups in total. The zero-order chi connectivity index (χ0) is 12.4. The Labute approximate surface area is 97.7 Å². The zero-order valence-electron chi connectivity index (χ0n) is 9.29. The predicted molar refractivity (Wildman–Crippen MR) is 60.3 cm³/mol. The van der Waals surface area contributed by atoms with Gasteiger partial charge >= 0.3 is 0 Å². The molecule has 0 saturated heterocycles. The van der Waals surface area contributed by atoms with Gasteiger partial charge in [0.2, 0.25) is 11.7 Å². The van der Waals surface area contributed by atoms with Crippen LogP contribution in [-0.4, -0.2) is 20.4 Å². The monoisotopic (exact) mass is 235 g/mol. The standard InChI is InChI=1S/C11H13N3O3/c1-2-7(12)11-13-10(14-17-11)6-3-4-8(15)9(16)5-6/h3-5,7,15-16H,2,12H2,1H3. The van der Waals surface area contributed by atoms with Gasteiger partial charge in [-0.3, -0.25) is 0 Å². The fourth-order valence-corrected chi connectivity index (χ4v) is 1.34. The Morgan fingerprint density at radius 3 is 2.76 bits per heavy atom. The summed E-state index contributed by atoms with van der Waals surface area (Å²) < 4.78 is 5.01. The molecule has 0 fully saturated rings. The van der Waals surface area contributed by atoms with Crippen molar-refractivity contribution in [2.45, 2.75) is 19.4 Å². The van der Waals surface area contributed by atoms with Crippen molar-refractivity contribution in [1.82, 2.24) is 10.1 Å². The van der Waals surface area contributed by atoms with E-state index in [9.17, 15) is 10.2 Å². The number of aromatic nitrogens is 2. The molecule has 1 unspecified atom stereocenters. The molecule has 90 valence electrons. The van der Waals surface area contributed by atoms with Crippen LogP contribution in [0.1, 0.15) is 25.3 Å². The molecule has 0 radical (unpaired) electrons. The van der Waals surface area contributed by atoms with Gasteiger partial charge in [0.25, 0.3) is 0 Å². The molecule has 6 heteroatoms. The normalized spacial score (nSPS) is 12.6. The highest BCUT2D eigenvalue weighted by Crippen LogP contribution is 2.29. The summed E-state index contributed by atoms with van der Waals surface area (Å²) in [5, 5.41) is 22.3. The Hall–Kier alpha value is -2.08. The van der Waals surface area contributed by atoms with Crippen LogP contribution in [0.5, 0.6) is 11.5 Å². The molecule has 1 aromatic carbocycles. The van der Waals surface area contributed by atoms with Crippen LogP contribution in [0, 0.1) is 0 Å². The Bertz CT molecular complexity index is 524. The van der Waals surface area contributed by atoms with Crippen molar-refractivity contribution in [2.24, 2.45) is 5.73 Å². The van der Waals surface area contributed by atoms with E-state index in [1.807, 2.05) is 6.92 Å². The molecule has 6 nitrogen and oxygen atoms in total. The summed E-state index contributed by atoms with van der Waals surface area (Å²) >= 11 is 0. The maximum atomic E-state index is 9.36. The van der Waals surface area contributed by atoms with Gasteiger partial charge in [-0.25, -0.2) is 0 Å². The molecule has 0 saturated carbocycles. The van der Waals surface area contributed by atoms with Crippen LogP contribution < -0.4 is 5.73 Å². The number of benzene rings is 1. The van der Waals surface area contributed by atoms with Crippen molar-refractivity contribution in [2.75, 3.05) is 0 Å². The molecule has 0 aliphatic carbocycles. The first kappa shape index (κ1) is 11.4. The molecule has 0 spiro atoms. The summed E-state index contributed by atoms with van der Waals surface area (Å²) in [5.74, 6) is 0.269. The van der Waals surface area contributed by atoms with Crippen molar-refractivity contribution >= 4 is 0 Å². The number of hydrogen-bond acceptors (Lipinski definition) is 6. The lowest BCUT2D eigenvalue weighted by molar-refractivity contribution is 0.352. The SMILES string of the molecule is CCC(N)c1nc(-c2ccc(O)c(O)c2)no1. The second-order valence-corrected chi connectivity index (χ2v) is 3.67. The second kappa shape index (κ2) is 4.42. The van der Waals surface area contributed by atoms with Gasteiger partial charge in [-0.15, -0.1) is 0 Å². The van der Waals surface area contributed by atoms with Crippen molar-refractivity contribution in [3.8, 4) is 22.9 Å². The lowest BCUT2D eigenvalue weighted by Gasteiger charge is -2.00. The van der Waals surface area contributed by atoms with Crippen LogP contribution in [0.4, 0.5) is 0 Å². The van der Waals surface area contributed by atoms with Crippen LogP contribution in [0.25, 0.3) is 11.4 Å². The fourth-order valence-electron chi connectivity index (χ4n) is 1.34. The minimum Gasteiger partial charge on any atom is -0.504 e. The van der Waals surface area contributed by atoms with Gasteiger partial charge in [0, 0.05) is 5.56 Å². The molecule has 1 heterocycles. The Balaban J connectivity index is 2.33. The maximum absolute atomic E-state index is 9.36. The van der Waals surface area contributed by atoms with Crippen molar-refractivity contribution in [3.63, 3.8) is 0 Å². The number of phenolic OH excluding ortho intramolecular Hbond substituents is 2. The quantitative estimate of drug-likeness (QED) is 0.697. The molecule has 2 rings (SSSR count). The van der Waals surface area contributed by atoms with Gasteiger partial charge < -0.3 is 20.5 Å². The van der Waals surface area contributed by atoms with E-state index in [0.29, 0.717) is 23.7 Å². The molecular weight excluding hydrogens is 222 g/mol. The molecule has 0 amide bonds. The van der Waals surface area contributed by atoms with Crippen molar-refractivity contribution < 1.29 is 14.7 Å². The largest absolute Gasteiger partial charge is 0.504 e. The number of aromatic hydroxyl groups is 2. The molecule has 0 aliphatic rings. The summed E-state index contributed by atoms with van der Waals surface area (Å²) in [7, 11) is 0. The van der Waals surface area contributed by atoms with Gasteiger partial charge in [-0.2, -0.15) is 4.98 Å². The number of nitrogens with zero attached hydrogens (tertiary/aromatic N) is 2. The van der Waals surface area contributed by atoms with E-state index >= 15 is 0 Å². The molecule has 1 atom stereocenters. The number of nitrogens with two attached hydrogens (primary N) is 1. The van der Waals surface area contributed by atoms with Crippen LogP contribution in [-0.2, 0) is 0 Å². The molecule has 1 aromatic heterocycles. The van der Waals surface area contributed by atoms with E-state index in [1.165, 1.54) is 12.1 Å². The summed E-state index contributed by atoms with van der Waals surface area (Å²) in [5.41, 5.74) is 6.31. The van der Waals surface area contributed by atoms with Gasteiger partial charge in [-0.1, -0.05) is 12.1 Å². The average Bonchev–Trinajstić information content (AvgIpc) is 2.81. The van der Waals surface area contributed by atoms with Crippen LogP contribution in [0.3, 0.4) is 0 Å². The number of rotatable bonds is 3. The lowest BCUT2D eigenvalue weighted by Crippen LogP contribution is -2.08. The van der Waals surface area contributed by atoms with Crippen LogP contribution in [0.15, 0.2) is 22.7 Å². The van der Waals surface area contributed by atoms with Gasteiger partial charge in [0.15, 0.2) is 11.5 Å². The van der Waals surface area contributed by atoms with Crippen molar-refractivity contribution in [3.05, 3.63) is 24.1 Å². The van der Waals surface area contributed by atoms with E-state index in [2.05, 4.69) is 10.1 Å². The molecular formula is C11H13N3O3. The predicted octanol–water partition coefficient (Wildman–Crippen LogP) is 1.56. The Kier molecular flexibility index (Phi) is 2.97. The second-order valence-electron chi connectivity index (χ2n) is 3.67. The Morgan fingerprint density at radius 1 is 1.35 bits per heavy atom. The van der Waals surface area contributed by atoms with Crippen LogP contribution >= 0.6 is 0 Å². The van der Waals surface area contributed by atoms with Crippen LogP contribution in [0.2, 0.25) is 0 Å². The third-order valence-corrected chi connectivity index (χ3v) is 2.43. The van der Waals surface area contributed by atoms with Crippen molar-refractivity contribution in [1.29, 1.82) is 0 Å². The summed E-state index contributed by atoms with van der Waals surface area (Å²) in [6, 6.07) is 4.02. The third kappa shape index (κ3) is 2.21. The van der Waals surface area contributed by atoms with E-state index in [0.717, 1.165) is 0 Å². The highest BCUT2D eigenvalue weighted by molar-refractivity contribution is 5.59. The van der Waals surface area contributed by atoms with Gasteiger partial charge in [0.05, 0.1) is 6.04 Å². The Morgan fingerprint density at radius 2 is 2.12 bits per heavy atom. The van der Waals surface area contributed by atoms with Gasteiger partial charge in [-0.05, 0) is 24.6 Å². The van der Waals surface area contributed by atoms with E-state index in [1.54, 1.807) is 6.07 Å². The summed E-state index contributed by atoms with van der Waals surface area (Å²) in [6.07, 6.45) is 0.697. The molecule has 0 bridgehead atoms. The van der Waals surface area contributed by atoms with E-state index < -0.39 is 0 Å². The zero-order valence-corrected chi connectivity index (χ0v) is 9.29. The topological polar surface area (TPSA) is 105 Å². The minimum absolute atomic E-state index is 0.192. The molecule has 0 aliphatic heterocycles. The first-order valence-electron chi connectivity index (χ1n) is 5.23. The van der Waals surface area contributed by atoms with E-state index in [-0.39, 0.29) is 17.5 Å². The minimum atomic E-state index is -0.290. The van der Waals surface area contributed by atoms with E-state index in [4.69, 9.17) is 10.3 Å². The smallest absolute Gasteiger partial charge is 0.243 e. The first-order chi connectivity index (χ1) is 8.11. The summed E-state index contributed by atoms with van der Waals surface area (Å²) in [6.45, 7) is 1.92. The number of hydrogen-bond donors (Lipinski definition) is 3. The average molecular weight is 235 g/mol. The molecule has 2 aromatic rings. The highest BCUT2D eigenvalue weighted by Gasteiger charge is 2.14. The number of phenols is 2. The lowest BCUT2D eigenvalue weighted by atomic mass is 10.2. The third-order valence-electron chi connectivity index (χ3n) is 2.43. The first-order valence-corrected chi connectivity index (χ1v) is 5.23. The summed E-state index contributed by atoms with van der Waals surface area (Å²) in [4.78, 5) is 4.13. The molecule has 17 heavy (non-hydrogen) atoms. The van der Waals surface area contributed by atoms with Gasteiger partial charge in [0.1, 0.15) is 0 Å². The fraction of sp³-hybridized carbons (Fsp3) is 0.273.